The number of hydrogen-bond donors (Lipinski definition) is 1. The first-order valence-corrected chi connectivity index (χ1v) is 7.15. The van der Waals surface area contributed by atoms with E-state index in [4.69, 9.17) is 9.84 Å². The van der Waals surface area contributed by atoms with Crippen molar-refractivity contribution in [1.82, 2.24) is 9.80 Å². The fraction of sp³-hybridized carbons (Fsp3) is 0.600. The molecule has 4 nitrogen and oxygen atoms in total. The number of ether oxygens (including phenoxy) is 1. The fourth-order valence-electron chi connectivity index (χ4n) is 2.98. The van der Waals surface area contributed by atoms with E-state index in [9.17, 15) is 0 Å². The Kier molecular flexibility index (Phi) is 4.01. The van der Waals surface area contributed by atoms with Crippen molar-refractivity contribution in [2.45, 2.75) is 12.5 Å². The maximum Gasteiger partial charge on any atom is 0.123 e. The van der Waals surface area contributed by atoms with E-state index in [0.717, 1.165) is 51.4 Å². The standard InChI is InChI=1S/C15H22N2O2/c18-10-9-16-5-7-17(8-6-16)12-14-11-13-3-1-2-4-15(13)19-14/h1-4,14,18H,5-12H2. The van der Waals surface area contributed by atoms with E-state index in [1.165, 1.54) is 5.56 Å². The minimum absolute atomic E-state index is 0.265. The summed E-state index contributed by atoms with van der Waals surface area (Å²) in [6.07, 6.45) is 1.34. The third-order valence-electron chi connectivity index (χ3n) is 4.06. The Morgan fingerprint density at radius 1 is 1.11 bits per heavy atom. The topological polar surface area (TPSA) is 35.9 Å². The Morgan fingerprint density at radius 2 is 1.84 bits per heavy atom. The quantitative estimate of drug-likeness (QED) is 0.862. The average Bonchev–Trinajstić information content (AvgIpc) is 2.83. The summed E-state index contributed by atoms with van der Waals surface area (Å²) in [5, 5.41) is 8.94. The van der Waals surface area contributed by atoms with Crippen molar-refractivity contribution >= 4 is 0 Å². The van der Waals surface area contributed by atoms with Gasteiger partial charge in [0.1, 0.15) is 11.9 Å². The first-order chi connectivity index (χ1) is 9.35. The van der Waals surface area contributed by atoms with Gasteiger partial charge < -0.3 is 9.84 Å². The second kappa shape index (κ2) is 5.90. The molecule has 0 saturated carbocycles. The van der Waals surface area contributed by atoms with Gasteiger partial charge in [-0.2, -0.15) is 0 Å². The lowest BCUT2D eigenvalue weighted by Gasteiger charge is -2.35. The van der Waals surface area contributed by atoms with E-state index >= 15 is 0 Å². The Labute approximate surface area is 114 Å². The van der Waals surface area contributed by atoms with E-state index in [0.29, 0.717) is 6.10 Å². The van der Waals surface area contributed by atoms with Crippen LogP contribution >= 0.6 is 0 Å². The largest absolute Gasteiger partial charge is 0.488 e. The molecule has 0 aromatic heterocycles. The molecule has 1 fully saturated rings. The molecule has 1 aromatic rings. The van der Waals surface area contributed by atoms with Crippen molar-refractivity contribution in [3.63, 3.8) is 0 Å². The summed E-state index contributed by atoms with van der Waals surface area (Å²) in [5.74, 6) is 1.06. The van der Waals surface area contributed by atoms with Gasteiger partial charge in [-0.3, -0.25) is 9.80 Å². The number of nitrogens with zero attached hydrogens (tertiary/aromatic N) is 2. The molecule has 3 rings (SSSR count). The summed E-state index contributed by atoms with van der Waals surface area (Å²) < 4.78 is 5.99. The monoisotopic (exact) mass is 262 g/mol. The lowest BCUT2D eigenvalue weighted by atomic mass is 10.1. The van der Waals surface area contributed by atoms with Crippen LogP contribution in [0, 0.1) is 0 Å². The summed E-state index contributed by atoms with van der Waals surface area (Å²) in [5.41, 5.74) is 1.34. The first-order valence-electron chi connectivity index (χ1n) is 7.15. The van der Waals surface area contributed by atoms with Gasteiger partial charge in [0, 0.05) is 45.7 Å². The Morgan fingerprint density at radius 3 is 2.58 bits per heavy atom. The van der Waals surface area contributed by atoms with Gasteiger partial charge in [-0.05, 0) is 11.6 Å². The van der Waals surface area contributed by atoms with E-state index in [1.807, 2.05) is 6.07 Å². The number of hydrogen-bond acceptors (Lipinski definition) is 4. The summed E-state index contributed by atoms with van der Waals surface area (Å²) >= 11 is 0. The molecule has 1 N–H and O–H groups in total. The van der Waals surface area contributed by atoms with Gasteiger partial charge >= 0.3 is 0 Å². The smallest absolute Gasteiger partial charge is 0.123 e. The molecule has 0 radical (unpaired) electrons. The number of rotatable bonds is 4. The van der Waals surface area contributed by atoms with Crippen molar-refractivity contribution in [2.24, 2.45) is 0 Å². The summed E-state index contributed by atoms with van der Waals surface area (Å²) in [4.78, 5) is 4.80. The third-order valence-corrected chi connectivity index (χ3v) is 4.06. The van der Waals surface area contributed by atoms with Gasteiger partial charge in [0.05, 0.1) is 6.61 Å². The van der Waals surface area contributed by atoms with Crippen LogP contribution in [0.3, 0.4) is 0 Å². The maximum absolute atomic E-state index is 8.94. The summed E-state index contributed by atoms with van der Waals surface area (Å²) in [6, 6.07) is 8.34. The van der Waals surface area contributed by atoms with Crippen molar-refractivity contribution in [3.05, 3.63) is 29.8 Å². The third kappa shape index (κ3) is 3.08. The lowest BCUT2D eigenvalue weighted by Crippen LogP contribution is -2.49. The highest BCUT2D eigenvalue weighted by Crippen LogP contribution is 2.28. The van der Waals surface area contributed by atoms with Crippen LogP contribution in [0.4, 0.5) is 0 Å². The van der Waals surface area contributed by atoms with Gasteiger partial charge in [0.15, 0.2) is 0 Å². The van der Waals surface area contributed by atoms with Crippen LogP contribution in [0.5, 0.6) is 5.75 Å². The second-order valence-electron chi connectivity index (χ2n) is 5.42. The molecule has 0 spiro atoms. The van der Waals surface area contributed by atoms with Gasteiger partial charge in [-0.1, -0.05) is 18.2 Å². The fourth-order valence-corrected chi connectivity index (χ4v) is 2.98. The minimum Gasteiger partial charge on any atom is -0.488 e. The predicted octanol–water partition coefficient (Wildman–Crippen LogP) is 0.600. The highest BCUT2D eigenvalue weighted by Gasteiger charge is 2.26. The van der Waals surface area contributed by atoms with E-state index in [2.05, 4.69) is 28.0 Å². The number of para-hydroxylation sites is 1. The second-order valence-corrected chi connectivity index (χ2v) is 5.42. The number of fused-ring (bicyclic) bond motifs is 1. The zero-order valence-electron chi connectivity index (χ0n) is 11.3. The van der Waals surface area contributed by atoms with Crippen LogP contribution in [0.2, 0.25) is 0 Å². The zero-order chi connectivity index (χ0) is 13.1. The molecule has 19 heavy (non-hydrogen) atoms. The van der Waals surface area contributed by atoms with Gasteiger partial charge in [0.25, 0.3) is 0 Å². The van der Waals surface area contributed by atoms with Crippen LogP contribution in [0.15, 0.2) is 24.3 Å². The van der Waals surface area contributed by atoms with Crippen LogP contribution in [-0.2, 0) is 6.42 Å². The molecule has 2 heterocycles. The molecule has 4 heteroatoms. The SMILES string of the molecule is OCCN1CCN(CC2Cc3ccccc3O2)CC1. The molecule has 2 aliphatic heterocycles. The molecular formula is C15H22N2O2. The average molecular weight is 262 g/mol. The zero-order valence-corrected chi connectivity index (χ0v) is 11.3. The molecule has 1 saturated heterocycles. The van der Waals surface area contributed by atoms with Crippen molar-refractivity contribution in [1.29, 1.82) is 0 Å². The molecule has 0 bridgehead atoms. The van der Waals surface area contributed by atoms with Crippen molar-refractivity contribution in [3.8, 4) is 5.75 Å². The Balaban J connectivity index is 1.47. The van der Waals surface area contributed by atoms with Crippen LogP contribution in [-0.4, -0.2) is 66.9 Å². The molecule has 0 amide bonds. The Bertz CT molecular complexity index is 391. The molecule has 1 atom stereocenters. The van der Waals surface area contributed by atoms with Gasteiger partial charge in [0.2, 0.25) is 0 Å². The predicted molar refractivity (Wildman–Crippen MR) is 74.5 cm³/mol. The maximum atomic E-state index is 8.94. The molecule has 1 unspecified atom stereocenters. The molecule has 2 aliphatic rings. The van der Waals surface area contributed by atoms with Gasteiger partial charge in [-0.15, -0.1) is 0 Å². The molecule has 104 valence electrons. The number of aliphatic hydroxyl groups excluding tert-OH is 1. The summed E-state index contributed by atoms with van der Waals surface area (Å²) in [6.45, 7) is 6.36. The minimum atomic E-state index is 0.265. The lowest BCUT2D eigenvalue weighted by molar-refractivity contribution is 0.0826. The highest BCUT2D eigenvalue weighted by atomic mass is 16.5. The van der Waals surface area contributed by atoms with Crippen molar-refractivity contribution < 1.29 is 9.84 Å². The van der Waals surface area contributed by atoms with E-state index in [-0.39, 0.29) is 6.61 Å². The van der Waals surface area contributed by atoms with Crippen LogP contribution in [0.25, 0.3) is 0 Å². The number of piperazine rings is 1. The summed E-state index contributed by atoms with van der Waals surface area (Å²) in [7, 11) is 0. The first kappa shape index (κ1) is 12.9. The van der Waals surface area contributed by atoms with Crippen molar-refractivity contribution in [2.75, 3.05) is 45.9 Å². The molecular weight excluding hydrogens is 240 g/mol. The molecule has 1 aromatic carbocycles. The Hall–Kier alpha value is -1.10. The normalized spacial score (nSPS) is 24.2. The highest BCUT2D eigenvalue weighted by molar-refractivity contribution is 5.37. The number of aliphatic hydroxyl groups is 1. The molecule has 0 aliphatic carbocycles. The van der Waals surface area contributed by atoms with E-state index < -0.39 is 0 Å². The van der Waals surface area contributed by atoms with E-state index in [1.54, 1.807) is 0 Å². The number of benzene rings is 1. The van der Waals surface area contributed by atoms with Gasteiger partial charge in [-0.25, -0.2) is 0 Å². The van der Waals surface area contributed by atoms with Crippen LogP contribution < -0.4 is 4.74 Å². The van der Waals surface area contributed by atoms with Crippen LogP contribution in [0.1, 0.15) is 5.56 Å². The number of β-amino-alcohol motifs (C(OH)–C–C–N with tert-alkyl or cyclic N) is 1.